The van der Waals surface area contributed by atoms with Gasteiger partial charge in [-0.25, -0.2) is 4.98 Å². The molecule has 2 saturated heterocycles. The van der Waals surface area contributed by atoms with Crippen LogP contribution < -0.4 is 15.5 Å². The van der Waals surface area contributed by atoms with Crippen molar-refractivity contribution >= 4 is 17.3 Å². The zero-order valence-electron chi connectivity index (χ0n) is 10.5. The molecule has 98 valence electrons. The lowest BCUT2D eigenvalue weighted by Gasteiger charge is -2.22. The van der Waals surface area contributed by atoms with Crippen molar-refractivity contribution in [3.8, 4) is 0 Å². The predicted octanol–water partition coefficient (Wildman–Crippen LogP) is 0.835. The van der Waals surface area contributed by atoms with Crippen LogP contribution in [0, 0.1) is 0 Å². The van der Waals surface area contributed by atoms with Gasteiger partial charge in [-0.05, 0) is 31.4 Å². The zero-order valence-corrected chi connectivity index (χ0v) is 10.5. The topological polar surface area (TPSA) is 65.6 Å². The Morgan fingerprint density at radius 3 is 2.61 bits per heavy atom. The number of nitrogen functional groups attached to an aromatic ring is 1. The van der Waals surface area contributed by atoms with E-state index in [0.717, 1.165) is 37.7 Å². The average molecular weight is 248 g/mol. The molecule has 18 heavy (non-hydrogen) atoms. The van der Waals surface area contributed by atoms with E-state index in [1.807, 2.05) is 12.1 Å². The zero-order chi connectivity index (χ0) is 12.5. The Morgan fingerprint density at radius 2 is 1.94 bits per heavy atom. The van der Waals surface area contributed by atoms with Crippen LogP contribution in [0.1, 0.15) is 19.3 Å². The minimum absolute atomic E-state index is 0.248. The van der Waals surface area contributed by atoms with Crippen LogP contribution in [0.5, 0.6) is 0 Å². The summed E-state index contributed by atoms with van der Waals surface area (Å²) in [5.41, 5.74) is 6.71. The first-order valence-corrected chi connectivity index (χ1v) is 6.68. The number of nitrogens with zero attached hydrogens (tertiary/aromatic N) is 3. The molecule has 0 amide bonds. The lowest BCUT2D eigenvalue weighted by atomic mass is 10.3. The fourth-order valence-corrected chi connectivity index (χ4v) is 2.76. The normalized spacial score (nSPS) is 23.9. The van der Waals surface area contributed by atoms with Gasteiger partial charge in [-0.15, -0.1) is 0 Å². The molecule has 0 bridgehead atoms. The molecule has 2 aliphatic rings. The highest BCUT2D eigenvalue weighted by Gasteiger charge is 2.24. The van der Waals surface area contributed by atoms with Gasteiger partial charge >= 0.3 is 0 Å². The number of β-amino-alcohol motifs (C(OH)–C–C–N with tert-alkyl or cyclic N) is 1. The van der Waals surface area contributed by atoms with Gasteiger partial charge in [-0.2, -0.15) is 0 Å². The molecule has 3 N–H and O–H groups in total. The molecule has 3 rings (SSSR count). The number of aliphatic hydroxyl groups excluding tert-OH is 1. The van der Waals surface area contributed by atoms with E-state index >= 15 is 0 Å². The Bertz CT molecular complexity index is 431. The van der Waals surface area contributed by atoms with Crippen LogP contribution in [0.2, 0.25) is 0 Å². The molecule has 0 aromatic carbocycles. The van der Waals surface area contributed by atoms with E-state index in [4.69, 9.17) is 5.73 Å². The molecular weight excluding hydrogens is 228 g/mol. The highest BCUT2D eigenvalue weighted by Crippen LogP contribution is 2.28. The number of nitrogens with two attached hydrogens (primary N) is 1. The number of pyridine rings is 1. The SMILES string of the molecule is Nc1ccc(N2CCCC2)nc1N1CCC(O)C1. The van der Waals surface area contributed by atoms with Crippen molar-refractivity contribution in [3.63, 3.8) is 0 Å². The van der Waals surface area contributed by atoms with E-state index < -0.39 is 0 Å². The largest absolute Gasteiger partial charge is 0.396 e. The average Bonchev–Trinajstić information content (AvgIpc) is 3.01. The van der Waals surface area contributed by atoms with E-state index in [9.17, 15) is 5.11 Å². The second-order valence-corrected chi connectivity index (χ2v) is 5.16. The maximum absolute atomic E-state index is 9.61. The molecule has 3 heterocycles. The quantitative estimate of drug-likeness (QED) is 0.811. The van der Waals surface area contributed by atoms with Crippen LogP contribution in [0.15, 0.2) is 12.1 Å². The summed E-state index contributed by atoms with van der Waals surface area (Å²) in [5.74, 6) is 1.84. The van der Waals surface area contributed by atoms with Gasteiger partial charge in [0.15, 0.2) is 5.82 Å². The summed E-state index contributed by atoms with van der Waals surface area (Å²) in [5, 5.41) is 9.61. The summed E-state index contributed by atoms with van der Waals surface area (Å²) in [4.78, 5) is 9.07. The van der Waals surface area contributed by atoms with E-state index in [1.165, 1.54) is 12.8 Å². The summed E-state index contributed by atoms with van der Waals surface area (Å²) in [6.45, 7) is 3.64. The van der Waals surface area contributed by atoms with Crippen molar-refractivity contribution in [2.24, 2.45) is 0 Å². The van der Waals surface area contributed by atoms with Gasteiger partial charge in [0.25, 0.3) is 0 Å². The molecule has 1 unspecified atom stereocenters. The second kappa shape index (κ2) is 4.65. The van der Waals surface area contributed by atoms with Crippen molar-refractivity contribution in [2.75, 3.05) is 41.7 Å². The third-order valence-electron chi connectivity index (χ3n) is 3.78. The van der Waals surface area contributed by atoms with E-state index in [0.29, 0.717) is 12.2 Å². The third kappa shape index (κ3) is 2.10. The summed E-state index contributed by atoms with van der Waals surface area (Å²) < 4.78 is 0. The van der Waals surface area contributed by atoms with Gasteiger partial charge in [0.05, 0.1) is 11.8 Å². The van der Waals surface area contributed by atoms with Crippen LogP contribution in [0.3, 0.4) is 0 Å². The maximum Gasteiger partial charge on any atom is 0.154 e. The fraction of sp³-hybridized carbons (Fsp3) is 0.615. The van der Waals surface area contributed by atoms with Gasteiger partial charge in [-0.1, -0.05) is 0 Å². The Hall–Kier alpha value is -1.49. The first-order chi connectivity index (χ1) is 8.74. The predicted molar refractivity (Wildman–Crippen MR) is 72.9 cm³/mol. The van der Waals surface area contributed by atoms with Gasteiger partial charge < -0.3 is 20.6 Å². The Kier molecular flexibility index (Phi) is 2.99. The van der Waals surface area contributed by atoms with Crippen molar-refractivity contribution in [1.82, 2.24) is 4.98 Å². The van der Waals surface area contributed by atoms with Gasteiger partial charge in [0, 0.05) is 26.2 Å². The van der Waals surface area contributed by atoms with Crippen LogP contribution in [0.4, 0.5) is 17.3 Å². The van der Waals surface area contributed by atoms with Crippen molar-refractivity contribution in [3.05, 3.63) is 12.1 Å². The molecule has 5 nitrogen and oxygen atoms in total. The van der Waals surface area contributed by atoms with Gasteiger partial charge in [-0.3, -0.25) is 0 Å². The second-order valence-electron chi connectivity index (χ2n) is 5.16. The molecule has 1 atom stereocenters. The number of hydrogen-bond acceptors (Lipinski definition) is 5. The Labute approximate surface area is 107 Å². The first kappa shape index (κ1) is 11.6. The minimum Gasteiger partial charge on any atom is -0.396 e. The number of hydrogen-bond donors (Lipinski definition) is 2. The molecular formula is C13H20N4O. The molecule has 2 fully saturated rings. The van der Waals surface area contributed by atoms with E-state index in [2.05, 4.69) is 14.8 Å². The number of anilines is 3. The maximum atomic E-state index is 9.61. The van der Waals surface area contributed by atoms with Crippen molar-refractivity contribution in [2.45, 2.75) is 25.4 Å². The smallest absolute Gasteiger partial charge is 0.154 e. The highest BCUT2D eigenvalue weighted by molar-refractivity contribution is 5.66. The van der Waals surface area contributed by atoms with Crippen LogP contribution >= 0.6 is 0 Å². The van der Waals surface area contributed by atoms with Crippen LogP contribution in [0.25, 0.3) is 0 Å². The molecule has 0 aliphatic carbocycles. The Balaban J connectivity index is 1.86. The standard InChI is InChI=1S/C13H20N4O/c14-11-3-4-12(16-6-1-2-7-16)15-13(11)17-8-5-10(18)9-17/h3-4,10,18H,1-2,5-9,14H2. The van der Waals surface area contributed by atoms with Gasteiger partial charge in [0.1, 0.15) is 5.82 Å². The third-order valence-corrected chi connectivity index (χ3v) is 3.78. The highest BCUT2D eigenvalue weighted by atomic mass is 16.3. The molecule has 5 heteroatoms. The summed E-state index contributed by atoms with van der Waals surface area (Å²) >= 11 is 0. The lowest BCUT2D eigenvalue weighted by molar-refractivity contribution is 0.198. The first-order valence-electron chi connectivity index (χ1n) is 6.68. The fourth-order valence-electron chi connectivity index (χ4n) is 2.76. The van der Waals surface area contributed by atoms with Crippen molar-refractivity contribution < 1.29 is 5.11 Å². The Morgan fingerprint density at radius 1 is 1.17 bits per heavy atom. The molecule has 1 aromatic rings. The number of rotatable bonds is 2. The summed E-state index contributed by atoms with van der Waals surface area (Å²) in [6, 6.07) is 3.93. The van der Waals surface area contributed by atoms with Crippen LogP contribution in [-0.2, 0) is 0 Å². The number of aromatic nitrogens is 1. The minimum atomic E-state index is -0.248. The van der Waals surface area contributed by atoms with Crippen LogP contribution in [-0.4, -0.2) is 42.4 Å². The summed E-state index contributed by atoms with van der Waals surface area (Å²) in [7, 11) is 0. The van der Waals surface area contributed by atoms with E-state index in [-0.39, 0.29) is 6.10 Å². The van der Waals surface area contributed by atoms with Crippen molar-refractivity contribution in [1.29, 1.82) is 0 Å². The number of aliphatic hydroxyl groups is 1. The van der Waals surface area contributed by atoms with E-state index in [1.54, 1.807) is 0 Å². The lowest BCUT2D eigenvalue weighted by Crippen LogP contribution is -2.25. The molecule has 1 aromatic heterocycles. The summed E-state index contributed by atoms with van der Waals surface area (Å²) in [6.07, 6.45) is 3.03. The molecule has 0 spiro atoms. The molecule has 0 saturated carbocycles. The molecule has 2 aliphatic heterocycles. The van der Waals surface area contributed by atoms with Gasteiger partial charge in [0.2, 0.25) is 0 Å². The molecule has 0 radical (unpaired) electrons. The monoisotopic (exact) mass is 248 g/mol.